The highest BCUT2D eigenvalue weighted by Gasteiger charge is 2.31. The molecule has 0 aliphatic heterocycles. The summed E-state index contributed by atoms with van der Waals surface area (Å²) < 4.78 is 5.33. The van der Waals surface area contributed by atoms with Crippen molar-refractivity contribution in [3.05, 3.63) is 30.1 Å². The zero-order chi connectivity index (χ0) is 13.4. The minimum atomic E-state index is -0.0659. The summed E-state index contributed by atoms with van der Waals surface area (Å²) in [5.74, 6) is 0. The molecule has 0 spiro atoms. The van der Waals surface area contributed by atoms with E-state index in [1.54, 1.807) is 7.11 Å². The highest BCUT2D eigenvalue weighted by molar-refractivity contribution is 5.04. The van der Waals surface area contributed by atoms with Crippen LogP contribution in [0, 0.1) is 0 Å². The minimum Gasteiger partial charge on any atom is -0.383 e. The van der Waals surface area contributed by atoms with E-state index in [-0.39, 0.29) is 5.54 Å². The molecule has 1 aromatic rings. The van der Waals surface area contributed by atoms with Crippen molar-refractivity contribution in [1.29, 1.82) is 0 Å². The minimum absolute atomic E-state index is 0.0659. The lowest BCUT2D eigenvalue weighted by Crippen LogP contribution is -2.55. The largest absolute Gasteiger partial charge is 0.383 e. The van der Waals surface area contributed by atoms with Crippen LogP contribution in [0.2, 0.25) is 0 Å². The van der Waals surface area contributed by atoms with Crippen molar-refractivity contribution in [2.75, 3.05) is 33.9 Å². The van der Waals surface area contributed by atoms with Gasteiger partial charge in [-0.2, -0.15) is 0 Å². The van der Waals surface area contributed by atoms with Crippen molar-refractivity contribution >= 4 is 0 Å². The van der Waals surface area contributed by atoms with Crippen molar-refractivity contribution in [2.24, 2.45) is 5.73 Å². The van der Waals surface area contributed by atoms with Crippen LogP contribution in [0.3, 0.4) is 0 Å². The van der Waals surface area contributed by atoms with Gasteiger partial charge in [0.1, 0.15) is 0 Å². The molecule has 4 nitrogen and oxygen atoms in total. The maximum absolute atomic E-state index is 5.94. The number of ether oxygens (including phenoxy) is 1. The van der Waals surface area contributed by atoms with Gasteiger partial charge in [-0.05, 0) is 25.6 Å². The monoisotopic (exact) mass is 251 g/mol. The van der Waals surface area contributed by atoms with Crippen LogP contribution in [0.25, 0.3) is 0 Å². The number of aromatic nitrogens is 1. The molecule has 2 N–H and O–H groups in total. The Morgan fingerprint density at radius 3 is 2.72 bits per heavy atom. The number of rotatable bonds is 8. The average Bonchev–Trinajstić information content (AvgIpc) is 2.43. The summed E-state index contributed by atoms with van der Waals surface area (Å²) in [4.78, 5) is 6.64. The molecule has 1 atom stereocenters. The molecule has 0 saturated carbocycles. The molecule has 1 heterocycles. The molecule has 0 aromatic carbocycles. The lowest BCUT2D eigenvalue weighted by Gasteiger charge is -2.40. The van der Waals surface area contributed by atoms with E-state index in [4.69, 9.17) is 10.5 Å². The van der Waals surface area contributed by atoms with Gasteiger partial charge in [-0.15, -0.1) is 0 Å². The van der Waals surface area contributed by atoms with E-state index >= 15 is 0 Å². The molecule has 0 amide bonds. The zero-order valence-corrected chi connectivity index (χ0v) is 11.7. The van der Waals surface area contributed by atoms with Gasteiger partial charge in [0.2, 0.25) is 0 Å². The standard InChI is InChI=1S/C14H25N3O/c1-4-14(11-15,12-18-3)17(2)10-8-13-7-5-6-9-16-13/h5-7,9H,4,8,10-12,15H2,1-3H3. The first-order valence-electron chi connectivity index (χ1n) is 6.48. The second kappa shape index (κ2) is 7.46. The second-order valence-electron chi connectivity index (χ2n) is 4.71. The van der Waals surface area contributed by atoms with Crippen LogP contribution in [-0.2, 0) is 11.2 Å². The molecule has 1 rings (SSSR count). The summed E-state index contributed by atoms with van der Waals surface area (Å²) in [5.41, 5.74) is 6.99. The predicted octanol–water partition coefficient (Wildman–Crippen LogP) is 1.31. The van der Waals surface area contributed by atoms with Crippen LogP contribution in [0.4, 0.5) is 0 Å². The van der Waals surface area contributed by atoms with Gasteiger partial charge in [0.15, 0.2) is 0 Å². The van der Waals surface area contributed by atoms with E-state index in [1.165, 1.54) is 0 Å². The number of hydrogen-bond donors (Lipinski definition) is 1. The summed E-state index contributed by atoms with van der Waals surface area (Å²) in [6.07, 6.45) is 3.75. The summed E-state index contributed by atoms with van der Waals surface area (Å²) in [6.45, 7) is 4.36. The lowest BCUT2D eigenvalue weighted by molar-refractivity contribution is 0.0285. The van der Waals surface area contributed by atoms with Crippen LogP contribution in [0.15, 0.2) is 24.4 Å². The Bertz CT molecular complexity index is 325. The van der Waals surface area contributed by atoms with E-state index < -0.39 is 0 Å². The van der Waals surface area contributed by atoms with E-state index in [0.29, 0.717) is 13.2 Å². The van der Waals surface area contributed by atoms with Gasteiger partial charge < -0.3 is 10.5 Å². The topological polar surface area (TPSA) is 51.4 Å². The van der Waals surface area contributed by atoms with Gasteiger partial charge >= 0.3 is 0 Å². The van der Waals surface area contributed by atoms with E-state index in [1.807, 2.05) is 18.3 Å². The van der Waals surface area contributed by atoms with Gasteiger partial charge in [-0.3, -0.25) is 9.88 Å². The molecule has 0 bridgehead atoms. The van der Waals surface area contributed by atoms with Crippen molar-refractivity contribution < 1.29 is 4.74 Å². The Morgan fingerprint density at radius 2 is 2.22 bits per heavy atom. The first-order valence-corrected chi connectivity index (χ1v) is 6.48. The van der Waals surface area contributed by atoms with Crippen LogP contribution in [-0.4, -0.2) is 49.3 Å². The molecular formula is C14H25N3O. The third kappa shape index (κ3) is 3.77. The Morgan fingerprint density at radius 1 is 1.44 bits per heavy atom. The maximum Gasteiger partial charge on any atom is 0.0658 e. The van der Waals surface area contributed by atoms with Crippen molar-refractivity contribution in [3.8, 4) is 0 Å². The van der Waals surface area contributed by atoms with Gasteiger partial charge in [0.05, 0.1) is 12.1 Å². The van der Waals surface area contributed by atoms with Gasteiger partial charge in [0, 0.05) is 38.5 Å². The molecule has 18 heavy (non-hydrogen) atoms. The number of pyridine rings is 1. The Balaban J connectivity index is 2.59. The highest BCUT2D eigenvalue weighted by Crippen LogP contribution is 2.18. The molecule has 1 unspecified atom stereocenters. The first-order chi connectivity index (χ1) is 8.68. The highest BCUT2D eigenvalue weighted by atomic mass is 16.5. The van der Waals surface area contributed by atoms with Crippen LogP contribution in [0.1, 0.15) is 19.0 Å². The maximum atomic E-state index is 5.94. The van der Waals surface area contributed by atoms with Crippen molar-refractivity contribution in [2.45, 2.75) is 25.3 Å². The molecule has 0 radical (unpaired) electrons. The van der Waals surface area contributed by atoms with E-state index in [9.17, 15) is 0 Å². The van der Waals surface area contributed by atoms with Crippen LogP contribution in [0.5, 0.6) is 0 Å². The van der Waals surface area contributed by atoms with Crippen LogP contribution < -0.4 is 5.73 Å². The molecule has 102 valence electrons. The third-order valence-corrected chi connectivity index (χ3v) is 3.69. The first kappa shape index (κ1) is 15.1. The molecule has 4 heteroatoms. The summed E-state index contributed by atoms with van der Waals surface area (Å²) in [5, 5.41) is 0. The molecule has 0 aliphatic carbocycles. The number of nitrogens with two attached hydrogens (primary N) is 1. The summed E-state index contributed by atoms with van der Waals surface area (Å²) in [7, 11) is 3.84. The van der Waals surface area contributed by atoms with Crippen molar-refractivity contribution in [3.63, 3.8) is 0 Å². The third-order valence-electron chi connectivity index (χ3n) is 3.69. The fourth-order valence-electron chi connectivity index (χ4n) is 2.18. The van der Waals surface area contributed by atoms with E-state index in [2.05, 4.69) is 29.9 Å². The lowest BCUT2D eigenvalue weighted by atomic mass is 9.95. The van der Waals surface area contributed by atoms with Gasteiger partial charge in [-0.25, -0.2) is 0 Å². The number of likely N-dealkylation sites (N-methyl/N-ethyl adjacent to an activating group) is 1. The Labute approximate surface area is 110 Å². The quantitative estimate of drug-likeness (QED) is 0.757. The Kier molecular flexibility index (Phi) is 6.25. The fraction of sp³-hybridized carbons (Fsp3) is 0.643. The Hall–Kier alpha value is -0.970. The molecule has 0 fully saturated rings. The number of methoxy groups -OCH3 is 1. The summed E-state index contributed by atoms with van der Waals surface area (Å²) in [6, 6.07) is 6.02. The smallest absolute Gasteiger partial charge is 0.0658 e. The average molecular weight is 251 g/mol. The number of nitrogens with zero attached hydrogens (tertiary/aromatic N) is 2. The van der Waals surface area contributed by atoms with Gasteiger partial charge in [-0.1, -0.05) is 13.0 Å². The normalized spacial score (nSPS) is 14.7. The zero-order valence-electron chi connectivity index (χ0n) is 11.7. The SMILES string of the molecule is CCC(CN)(COC)N(C)CCc1ccccn1. The molecule has 1 aromatic heterocycles. The second-order valence-corrected chi connectivity index (χ2v) is 4.71. The van der Waals surface area contributed by atoms with Crippen LogP contribution >= 0.6 is 0 Å². The molecule has 0 saturated heterocycles. The van der Waals surface area contributed by atoms with Gasteiger partial charge in [0.25, 0.3) is 0 Å². The predicted molar refractivity (Wildman–Crippen MR) is 74.5 cm³/mol. The van der Waals surface area contributed by atoms with Crippen molar-refractivity contribution in [1.82, 2.24) is 9.88 Å². The molecular weight excluding hydrogens is 226 g/mol. The fourth-order valence-corrected chi connectivity index (χ4v) is 2.18. The summed E-state index contributed by atoms with van der Waals surface area (Å²) >= 11 is 0. The number of hydrogen-bond acceptors (Lipinski definition) is 4. The van der Waals surface area contributed by atoms with E-state index in [0.717, 1.165) is 25.1 Å². The molecule has 0 aliphatic rings.